The van der Waals surface area contributed by atoms with Crippen molar-refractivity contribution in [2.75, 3.05) is 0 Å². The molecule has 6 heterocycles. The molecule has 76 heavy (non-hydrogen) atoms. The summed E-state index contributed by atoms with van der Waals surface area (Å²) in [6, 6.07) is 81.1. The Balaban J connectivity index is 1.18. The molecule has 0 aliphatic rings. The minimum absolute atomic E-state index is 0.270. The van der Waals surface area contributed by atoms with Gasteiger partial charge in [0.25, 0.3) is 0 Å². The first kappa shape index (κ1) is 41.5. The van der Waals surface area contributed by atoms with Crippen molar-refractivity contribution in [3.8, 4) is 28.8 Å². The van der Waals surface area contributed by atoms with Crippen molar-refractivity contribution in [1.29, 1.82) is 5.26 Å². The number of aromatic nitrogens is 4. The molecular formula is C68H36N6S2. The van der Waals surface area contributed by atoms with Gasteiger partial charge in [0.05, 0.1) is 85.1 Å². The number of benzene rings is 11. The quantitative estimate of drug-likeness (QED) is 0.162. The van der Waals surface area contributed by atoms with Gasteiger partial charge in [-0.25, -0.2) is 4.85 Å². The van der Waals surface area contributed by atoms with Gasteiger partial charge in [-0.05, 0) is 72.8 Å². The van der Waals surface area contributed by atoms with Gasteiger partial charge in [-0.15, -0.1) is 22.7 Å². The van der Waals surface area contributed by atoms with E-state index in [1.54, 1.807) is 22.7 Å². The predicted molar refractivity (Wildman–Crippen MR) is 321 cm³/mol. The van der Waals surface area contributed by atoms with Crippen LogP contribution < -0.4 is 0 Å². The van der Waals surface area contributed by atoms with Crippen LogP contribution in [0.25, 0.3) is 155 Å². The van der Waals surface area contributed by atoms with Gasteiger partial charge < -0.3 is 18.3 Å². The molecule has 350 valence electrons. The maximum atomic E-state index is 12.4. The maximum Gasteiger partial charge on any atom is 0.232 e. The largest absolute Gasteiger partial charge is 0.317 e. The van der Waals surface area contributed by atoms with Gasteiger partial charge in [-0.1, -0.05) is 146 Å². The fraction of sp³-hybridized carbons (Fsp3) is 0. The van der Waals surface area contributed by atoms with E-state index in [1.807, 2.05) is 0 Å². The van der Waals surface area contributed by atoms with E-state index >= 15 is 0 Å². The molecule has 0 aliphatic carbocycles. The normalized spacial score (nSPS) is 12.2. The van der Waals surface area contributed by atoms with Gasteiger partial charge in [-0.3, -0.25) is 0 Å². The Hall–Kier alpha value is -9.96. The zero-order chi connectivity index (χ0) is 49.9. The zero-order valence-corrected chi connectivity index (χ0v) is 41.9. The molecule has 0 amide bonds. The maximum absolute atomic E-state index is 12.4. The van der Waals surface area contributed by atoms with Crippen LogP contribution in [-0.2, 0) is 0 Å². The van der Waals surface area contributed by atoms with E-state index in [0.29, 0.717) is 16.9 Å². The summed E-state index contributed by atoms with van der Waals surface area (Å²) < 4.78 is 14.2. The molecule has 11 aromatic carbocycles. The molecule has 0 saturated heterocycles. The van der Waals surface area contributed by atoms with Crippen molar-refractivity contribution in [3.63, 3.8) is 0 Å². The summed E-state index contributed by atoms with van der Waals surface area (Å²) >= 11 is 3.57. The molecule has 0 fully saturated rings. The van der Waals surface area contributed by atoms with E-state index in [9.17, 15) is 11.8 Å². The Morgan fingerprint density at radius 3 is 0.974 bits per heavy atom. The number of thiophene rings is 2. The second-order valence-electron chi connectivity index (χ2n) is 19.7. The Bertz CT molecular complexity index is 5070. The summed E-state index contributed by atoms with van der Waals surface area (Å²) in [4.78, 5) is 4.67. The van der Waals surface area contributed by atoms with Crippen LogP contribution in [0.2, 0.25) is 0 Å². The van der Waals surface area contributed by atoms with Gasteiger partial charge in [0.1, 0.15) is 0 Å². The third-order valence-electron chi connectivity index (χ3n) is 16.0. The molecule has 0 spiro atoms. The fourth-order valence-electron chi connectivity index (χ4n) is 12.9. The highest BCUT2D eigenvalue weighted by molar-refractivity contribution is 7.26. The van der Waals surface area contributed by atoms with Crippen LogP contribution in [0.5, 0.6) is 0 Å². The highest BCUT2D eigenvalue weighted by Gasteiger charge is 2.35. The summed E-state index contributed by atoms with van der Waals surface area (Å²) in [5.41, 5.74) is 11.2. The molecule has 0 unspecified atom stereocenters. The topological polar surface area (TPSA) is 47.9 Å². The molecule has 0 radical (unpaired) electrons. The number of nitriles is 1. The van der Waals surface area contributed by atoms with Crippen LogP contribution in [0.1, 0.15) is 5.56 Å². The second-order valence-corrected chi connectivity index (χ2v) is 21.9. The van der Waals surface area contributed by atoms with E-state index < -0.39 is 0 Å². The van der Waals surface area contributed by atoms with Crippen molar-refractivity contribution in [2.45, 2.75) is 0 Å². The first-order chi connectivity index (χ1) is 37.7. The number of nitrogens with zero attached hydrogens (tertiary/aromatic N) is 6. The van der Waals surface area contributed by atoms with Crippen LogP contribution in [0.3, 0.4) is 0 Å². The summed E-state index contributed by atoms with van der Waals surface area (Å²) in [6.45, 7) is 9.66. The molecular weight excluding hydrogens is 965 g/mol. The van der Waals surface area contributed by atoms with E-state index in [2.05, 4.69) is 248 Å². The first-order valence-electron chi connectivity index (χ1n) is 25.3. The summed E-state index contributed by atoms with van der Waals surface area (Å²) in [7, 11) is 0. The highest BCUT2D eigenvalue weighted by Crippen LogP contribution is 2.53. The average Bonchev–Trinajstić information content (AvgIpc) is 4.47. The average molecular weight is 1000 g/mol. The molecule has 0 aliphatic heterocycles. The van der Waals surface area contributed by atoms with Crippen molar-refractivity contribution in [1.82, 2.24) is 18.3 Å². The van der Waals surface area contributed by atoms with Crippen LogP contribution in [0.4, 0.5) is 5.69 Å². The SMILES string of the molecule is [C-]#[N+]c1c(C#N)c(-n2c3ccccc3c3cc4c(cc32)sc2ccccc24)c(-n2c3ccccc3c3ccccc32)c(-n2c3ccccc3c3ccccc32)c1-n1c2ccccc2c2cc3c(cc21)sc1ccccc13. The van der Waals surface area contributed by atoms with Gasteiger partial charge in [0.15, 0.2) is 0 Å². The molecule has 6 nitrogen and oxygen atoms in total. The summed E-state index contributed by atoms with van der Waals surface area (Å²) in [5.74, 6) is 0. The number of rotatable bonds is 4. The number of hydrogen-bond donors (Lipinski definition) is 0. The first-order valence-corrected chi connectivity index (χ1v) is 27.0. The predicted octanol–water partition coefficient (Wildman–Crippen LogP) is 19.2. The van der Waals surface area contributed by atoms with Gasteiger partial charge >= 0.3 is 0 Å². The lowest BCUT2D eigenvalue weighted by atomic mass is 10.0. The van der Waals surface area contributed by atoms with Gasteiger partial charge in [0.2, 0.25) is 5.69 Å². The Labute approximate surface area is 441 Å². The van der Waals surface area contributed by atoms with Gasteiger partial charge in [0, 0.05) is 83.4 Å². The summed E-state index contributed by atoms with van der Waals surface area (Å²) in [5, 5.41) is 25.9. The molecule has 0 N–H and O–H groups in total. The van der Waals surface area contributed by atoms with E-state index in [-0.39, 0.29) is 5.69 Å². The van der Waals surface area contributed by atoms with E-state index in [1.165, 1.54) is 30.9 Å². The number of para-hydroxylation sites is 6. The molecule has 17 rings (SSSR count). The van der Waals surface area contributed by atoms with Crippen molar-refractivity contribution in [3.05, 3.63) is 235 Å². The standard InChI is InChI=1S/C68H36N6S2/c1-70-64-51(38-69)65(73-56-30-14-6-22-43(56)47-34-49-45-24-8-16-32-60(45)75-62(49)36-58(47)73)67(71-52-26-10-2-18-39(52)40-19-3-11-27-53(40)71)68(72-54-28-12-4-20-41(54)42-21-5-13-29-55(42)72)66(64)74-57-31-15-7-23-44(57)48-35-50-46-25-9-17-33-61(46)76-63(50)37-59(48)74/h2-37H. The molecule has 0 saturated carbocycles. The van der Waals surface area contributed by atoms with Crippen LogP contribution >= 0.6 is 22.7 Å². The van der Waals surface area contributed by atoms with E-state index in [0.717, 1.165) is 108 Å². The Morgan fingerprint density at radius 2 is 0.605 bits per heavy atom. The van der Waals surface area contributed by atoms with Crippen molar-refractivity contribution >= 4 is 156 Å². The summed E-state index contributed by atoms with van der Waals surface area (Å²) in [6.07, 6.45) is 0. The third kappa shape index (κ3) is 5.35. The van der Waals surface area contributed by atoms with Crippen LogP contribution in [0.15, 0.2) is 218 Å². The van der Waals surface area contributed by atoms with E-state index in [4.69, 9.17) is 0 Å². The molecule has 6 aromatic heterocycles. The molecule has 0 atom stereocenters. The minimum Gasteiger partial charge on any atom is -0.317 e. The monoisotopic (exact) mass is 1000 g/mol. The lowest BCUT2D eigenvalue weighted by molar-refractivity contribution is 1.02. The molecule has 8 heteroatoms. The highest BCUT2D eigenvalue weighted by atomic mass is 32.1. The Kier molecular flexibility index (Phi) is 8.36. The second kappa shape index (κ2) is 15.3. The third-order valence-corrected chi connectivity index (χ3v) is 18.3. The van der Waals surface area contributed by atoms with Crippen LogP contribution in [-0.4, -0.2) is 18.3 Å². The number of hydrogen-bond acceptors (Lipinski definition) is 3. The van der Waals surface area contributed by atoms with Crippen molar-refractivity contribution in [2.24, 2.45) is 0 Å². The fourth-order valence-corrected chi connectivity index (χ4v) is 15.2. The number of fused-ring (bicyclic) bond motifs is 18. The molecule has 17 aromatic rings. The lowest BCUT2D eigenvalue weighted by Gasteiger charge is -2.28. The zero-order valence-electron chi connectivity index (χ0n) is 40.3. The smallest absolute Gasteiger partial charge is 0.232 e. The molecule has 0 bridgehead atoms. The lowest BCUT2D eigenvalue weighted by Crippen LogP contribution is -2.15. The van der Waals surface area contributed by atoms with Crippen molar-refractivity contribution < 1.29 is 0 Å². The van der Waals surface area contributed by atoms with Crippen LogP contribution in [0, 0.1) is 17.9 Å². The minimum atomic E-state index is 0.270. The van der Waals surface area contributed by atoms with Gasteiger partial charge in [-0.2, -0.15) is 5.26 Å². The Morgan fingerprint density at radius 1 is 0.303 bits per heavy atom.